The first-order valence-corrected chi connectivity index (χ1v) is 8.82. The Labute approximate surface area is 128 Å². The van der Waals surface area contributed by atoms with Gasteiger partial charge in [-0.15, -0.1) is 11.3 Å². The van der Waals surface area contributed by atoms with Gasteiger partial charge in [-0.3, -0.25) is 4.98 Å². The molecular formula is C15H19N3S2. The monoisotopic (exact) mass is 305 g/mol. The van der Waals surface area contributed by atoms with Crippen LogP contribution in [0.15, 0.2) is 29.8 Å². The van der Waals surface area contributed by atoms with Crippen molar-refractivity contribution in [3.8, 4) is 10.7 Å². The smallest absolute Gasteiger partial charge is 0.142 e. The lowest BCUT2D eigenvalue weighted by Crippen LogP contribution is -2.32. The summed E-state index contributed by atoms with van der Waals surface area (Å²) in [4.78, 5) is 8.99. The van der Waals surface area contributed by atoms with Gasteiger partial charge < -0.3 is 5.32 Å². The average Bonchev–Trinajstić information content (AvgIpc) is 3.10. The fourth-order valence-corrected chi connectivity index (χ4v) is 4.50. The summed E-state index contributed by atoms with van der Waals surface area (Å²) in [6.45, 7) is 4.27. The molecule has 106 valence electrons. The van der Waals surface area contributed by atoms with E-state index in [2.05, 4.69) is 39.4 Å². The van der Waals surface area contributed by atoms with E-state index in [0.717, 1.165) is 29.5 Å². The average molecular weight is 305 g/mol. The van der Waals surface area contributed by atoms with E-state index in [4.69, 9.17) is 0 Å². The number of hydrogen-bond acceptors (Lipinski definition) is 5. The molecule has 0 bridgehead atoms. The Bertz CT molecular complexity index is 547. The summed E-state index contributed by atoms with van der Waals surface area (Å²) in [5, 5.41) is 6.68. The molecule has 0 aromatic carbocycles. The summed E-state index contributed by atoms with van der Waals surface area (Å²) in [5.41, 5.74) is 2.07. The number of thiazole rings is 1. The van der Waals surface area contributed by atoms with Gasteiger partial charge in [0, 0.05) is 29.4 Å². The molecule has 3 rings (SSSR count). The third-order valence-electron chi connectivity index (χ3n) is 3.54. The number of nitrogens with one attached hydrogen (secondary N) is 1. The normalized spacial score (nSPS) is 22.2. The van der Waals surface area contributed by atoms with E-state index in [1.807, 2.05) is 24.4 Å². The summed E-state index contributed by atoms with van der Waals surface area (Å²) >= 11 is 3.76. The van der Waals surface area contributed by atoms with Crippen LogP contribution in [0.2, 0.25) is 0 Å². The number of hydrogen-bond donors (Lipinski definition) is 1. The second kappa shape index (κ2) is 6.24. The van der Waals surface area contributed by atoms with E-state index in [9.17, 15) is 0 Å². The van der Waals surface area contributed by atoms with Crippen molar-refractivity contribution in [2.45, 2.75) is 31.1 Å². The fourth-order valence-electron chi connectivity index (χ4n) is 2.43. The highest BCUT2D eigenvalue weighted by atomic mass is 32.2. The standard InChI is InChI=1S/C15H19N3S2/c1-15(6-4-8-20-15)11-16-9-12-10-19-14(18-12)13-5-2-3-7-17-13/h2-3,5,7,10,16H,4,6,8-9,11H2,1H3. The first-order chi connectivity index (χ1) is 9.75. The van der Waals surface area contributed by atoms with Crippen LogP contribution in [0.3, 0.4) is 0 Å². The molecule has 0 aliphatic carbocycles. The zero-order valence-corrected chi connectivity index (χ0v) is 13.3. The molecule has 5 heteroatoms. The molecular weight excluding hydrogens is 286 g/mol. The molecule has 2 aromatic rings. The molecule has 0 radical (unpaired) electrons. The predicted octanol–water partition coefficient (Wildman–Crippen LogP) is 3.58. The van der Waals surface area contributed by atoms with Crippen LogP contribution in [0.1, 0.15) is 25.5 Å². The quantitative estimate of drug-likeness (QED) is 0.916. The minimum Gasteiger partial charge on any atom is -0.310 e. The van der Waals surface area contributed by atoms with Crippen molar-refractivity contribution in [1.29, 1.82) is 0 Å². The van der Waals surface area contributed by atoms with Crippen LogP contribution in [-0.2, 0) is 6.54 Å². The summed E-state index contributed by atoms with van der Waals surface area (Å²) in [7, 11) is 0. The fraction of sp³-hybridized carbons (Fsp3) is 0.467. The van der Waals surface area contributed by atoms with E-state index in [-0.39, 0.29) is 0 Å². The zero-order chi connectivity index (χ0) is 13.8. The summed E-state index contributed by atoms with van der Waals surface area (Å²) in [5.74, 6) is 1.30. The van der Waals surface area contributed by atoms with E-state index < -0.39 is 0 Å². The molecule has 1 atom stereocenters. The summed E-state index contributed by atoms with van der Waals surface area (Å²) in [6, 6.07) is 5.94. The van der Waals surface area contributed by atoms with Crippen molar-refractivity contribution in [2.75, 3.05) is 12.3 Å². The molecule has 20 heavy (non-hydrogen) atoms. The van der Waals surface area contributed by atoms with Crippen LogP contribution in [0.4, 0.5) is 0 Å². The van der Waals surface area contributed by atoms with Crippen molar-refractivity contribution < 1.29 is 0 Å². The Morgan fingerprint density at radius 2 is 2.35 bits per heavy atom. The van der Waals surface area contributed by atoms with Crippen LogP contribution in [0.25, 0.3) is 10.7 Å². The van der Waals surface area contributed by atoms with Gasteiger partial charge in [-0.1, -0.05) is 6.07 Å². The van der Waals surface area contributed by atoms with Crippen LogP contribution >= 0.6 is 23.1 Å². The first-order valence-electron chi connectivity index (χ1n) is 6.96. The molecule has 3 nitrogen and oxygen atoms in total. The van der Waals surface area contributed by atoms with Crippen molar-refractivity contribution in [3.05, 3.63) is 35.5 Å². The van der Waals surface area contributed by atoms with Gasteiger partial charge in [-0.25, -0.2) is 4.98 Å². The van der Waals surface area contributed by atoms with Crippen LogP contribution < -0.4 is 5.32 Å². The molecule has 1 N–H and O–H groups in total. The maximum Gasteiger partial charge on any atom is 0.142 e. The van der Waals surface area contributed by atoms with Gasteiger partial charge in [0.25, 0.3) is 0 Å². The number of pyridine rings is 1. The van der Waals surface area contributed by atoms with Crippen molar-refractivity contribution in [3.63, 3.8) is 0 Å². The van der Waals surface area contributed by atoms with Gasteiger partial charge in [0.1, 0.15) is 5.01 Å². The van der Waals surface area contributed by atoms with Gasteiger partial charge >= 0.3 is 0 Å². The molecule has 1 unspecified atom stereocenters. The SMILES string of the molecule is CC1(CNCc2csc(-c3ccccn3)n2)CCCS1. The Morgan fingerprint density at radius 3 is 3.10 bits per heavy atom. The van der Waals surface area contributed by atoms with Crippen LogP contribution in [-0.4, -0.2) is 27.0 Å². The van der Waals surface area contributed by atoms with Crippen molar-refractivity contribution >= 4 is 23.1 Å². The van der Waals surface area contributed by atoms with Gasteiger partial charge in [0.15, 0.2) is 0 Å². The summed E-state index contributed by atoms with van der Waals surface area (Å²) < 4.78 is 0.417. The van der Waals surface area contributed by atoms with Gasteiger partial charge in [-0.2, -0.15) is 11.8 Å². The van der Waals surface area contributed by atoms with Crippen molar-refractivity contribution in [1.82, 2.24) is 15.3 Å². The largest absolute Gasteiger partial charge is 0.310 e. The third-order valence-corrected chi connectivity index (χ3v) is 5.99. The molecule has 2 aromatic heterocycles. The first kappa shape index (κ1) is 14.0. The molecule has 1 aliphatic rings. The number of rotatable bonds is 5. The highest BCUT2D eigenvalue weighted by molar-refractivity contribution is 8.00. The lowest BCUT2D eigenvalue weighted by molar-refractivity contribution is 0.534. The number of nitrogens with zero attached hydrogens (tertiary/aromatic N) is 2. The Kier molecular flexibility index (Phi) is 4.38. The van der Waals surface area contributed by atoms with E-state index in [0.29, 0.717) is 4.75 Å². The second-order valence-corrected chi connectivity index (χ2v) is 7.91. The van der Waals surface area contributed by atoms with E-state index >= 15 is 0 Å². The maximum absolute atomic E-state index is 4.65. The maximum atomic E-state index is 4.65. The third kappa shape index (κ3) is 3.40. The highest BCUT2D eigenvalue weighted by Crippen LogP contribution is 2.37. The van der Waals surface area contributed by atoms with Gasteiger partial charge in [0.05, 0.1) is 11.4 Å². The number of thioether (sulfide) groups is 1. The molecule has 0 saturated carbocycles. The molecule has 1 aliphatic heterocycles. The predicted molar refractivity (Wildman–Crippen MR) is 87.1 cm³/mol. The number of aromatic nitrogens is 2. The van der Waals surface area contributed by atoms with Crippen molar-refractivity contribution in [2.24, 2.45) is 0 Å². The lowest BCUT2D eigenvalue weighted by Gasteiger charge is -2.22. The van der Waals surface area contributed by atoms with E-state index in [1.165, 1.54) is 18.6 Å². The minimum atomic E-state index is 0.417. The summed E-state index contributed by atoms with van der Waals surface area (Å²) in [6.07, 6.45) is 4.48. The Hall–Kier alpha value is -0.910. The van der Waals surface area contributed by atoms with E-state index in [1.54, 1.807) is 11.3 Å². The molecule has 1 fully saturated rings. The minimum absolute atomic E-state index is 0.417. The molecule has 0 amide bonds. The van der Waals surface area contributed by atoms with Gasteiger partial charge in [0.2, 0.25) is 0 Å². The molecule has 3 heterocycles. The highest BCUT2D eigenvalue weighted by Gasteiger charge is 2.28. The Balaban J connectivity index is 1.55. The lowest BCUT2D eigenvalue weighted by atomic mass is 10.1. The van der Waals surface area contributed by atoms with Gasteiger partial charge in [-0.05, 0) is 37.7 Å². The molecule has 0 spiro atoms. The second-order valence-electron chi connectivity index (χ2n) is 5.36. The molecule has 1 saturated heterocycles. The van der Waals surface area contributed by atoms with Crippen LogP contribution in [0, 0.1) is 0 Å². The topological polar surface area (TPSA) is 37.8 Å². The Morgan fingerprint density at radius 1 is 1.40 bits per heavy atom. The van der Waals surface area contributed by atoms with Crippen LogP contribution in [0.5, 0.6) is 0 Å². The zero-order valence-electron chi connectivity index (χ0n) is 11.6.